The van der Waals surface area contributed by atoms with Crippen molar-refractivity contribution in [2.24, 2.45) is 5.73 Å². The zero-order valence-electron chi connectivity index (χ0n) is 12.4. The summed E-state index contributed by atoms with van der Waals surface area (Å²) in [6, 6.07) is 9.94. The molecule has 0 fully saturated rings. The van der Waals surface area contributed by atoms with Crippen LogP contribution in [-0.2, 0) is 16.0 Å². The second-order valence-electron chi connectivity index (χ2n) is 4.79. The highest BCUT2D eigenvalue weighted by molar-refractivity contribution is 5.85. The smallest absolute Gasteiger partial charge is 0.277 e. The first-order valence-corrected chi connectivity index (χ1v) is 7.00. The number of hydrogen-bond acceptors (Lipinski definition) is 3. The number of halogens is 3. The topological polar surface area (TPSA) is 64.3 Å². The van der Waals surface area contributed by atoms with Gasteiger partial charge in [-0.2, -0.15) is 0 Å². The summed E-state index contributed by atoms with van der Waals surface area (Å²) in [6.07, 6.45) is 1.50. The van der Waals surface area contributed by atoms with E-state index in [1.165, 1.54) is 5.56 Å². The van der Waals surface area contributed by atoms with Crippen molar-refractivity contribution in [2.45, 2.75) is 25.2 Å². The van der Waals surface area contributed by atoms with Gasteiger partial charge in [-0.15, -0.1) is 12.4 Å². The Kier molecular flexibility index (Phi) is 10.7. The zero-order valence-corrected chi connectivity index (χ0v) is 13.2. The van der Waals surface area contributed by atoms with Gasteiger partial charge in [0.15, 0.2) is 0 Å². The quantitative estimate of drug-likeness (QED) is 0.644. The van der Waals surface area contributed by atoms with Crippen LogP contribution in [0.15, 0.2) is 30.3 Å². The third kappa shape index (κ3) is 9.65. The number of nitrogens with two attached hydrogens (primary N) is 1. The molecule has 0 saturated heterocycles. The van der Waals surface area contributed by atoms with Gasteiger partial charge in [-0.3, -0.25) is 4.79 Å². The molecule has 7 heteroatoms. The Balaban J connectivity index is 0.00000441. The largest absolute Gasteiger partial charge is 0.381 e. The van der Waals surface area contributed by atoms with Crippen LogP contribution in [0.25, 0.3) is 0 Å². The van der Waals surface area contributed by atoms with Crippen molar-refractivity contribution in [3.8, 4) is 0 Å². The summed E-state index contributed by atoms with van der Waals surface area (Å²) in [5, 5.41) is 2.17. The molecular formula is C15H23ClF2N2O2. The van der Waals surface area contributed by atoms with E-state index < -0.39 is 24.9 Å². The summed E-state index contributed by atoms with van der Waals surface area (Å²) < 4.78 is 31.0. The third-order valence-electron chi connectivity index (χ3n) is 2.91. The van der Waals surface area contributed by atoms with Crippen LogP contribution in [0, 0.1) is 0 Å². The monoisotopic (exact) mass is 336 g/mol. The van der Waals surface area contributed by atoms with Crippen LogP contribution >= 0.6 is 12.4 Å². The molecule has 0 unspecified atom stereocenters. The van der Waals surface area contributed by atoms with Gasteiger partial charge >= 0.3 is 0 Å². The lowest BCUT2D eigenvalue weighted by molar-refractivity contribution is -0.123. The second kappa shape index (κ2) is 11.3. The molecule has 0 aliphatic heterocycles. The summed E-state index contributed by atoms with van der Waals surface area (Å²) in [7, 11) is 0. The molecule has 0 spiro atoms. The molecule has 126 valence electrons. The normalized spacial score (nSPS) is 10.9. The molecule has 1 aromatic carbocycles. The number of amides is 1. The molecule has 0 radical (unpaired) electrons. The number of nitrogens with one attached hydrogen (secondary N) is 1. The number of ether oxygens (including phenoxy) is 1. The highest BCUT2D eigenvalue weighted by atomic mass is 35.5. The summed E-state index contributed by atoms with van der Waals surface area (Å²) in [6.45, 7) is -0.461. The van der Waals surface area contributed by atoms with E-state index in [-0.39, 0.29) is 18.8 Å². The number of rotatable bonds is 10. The van der Waals surface area contributed by atoms with Crippen molar-refractivity contribution in [1.82, 2.24) is 5.32 Å². The molecule has 0 atom stereocenters. The Morgan fingerprint density at radius 3 is 2.55 bits per heavy atom. The van der Waals surface area contributed by atoms with Crippen molar-refractivity contribution in [2.75, 3.05) is 26.3 Å². The number of hydrogen-bond donors (Lipinski definition) is 2. The Morgan fingerprint density at radius 1 is 1.23 bits per heavy atom. The summed E-state index contributed by atoms with van der Waals surface area (Å²) in [5.41, 5.74) is 6.07. The van der Waals surface area contributed by atoms with E-state index in [1.54, 1.807) is 0 Å². The Labute approximate surface area is 135 Å². The van der Waals surface area contributed by atoms with Crippen LogP contribution in [0.3, 0.4) is 0 Å². The number of carbonyl (C=O) groups is 1. The van der Waals surface area contributed by atoms with Crippen molar-refractivity contribution in [1.29, 1.82) is 0 Å². The van der Waals surface area contributed by atoms with Gasteiger partial charge in [0, 0.05) is 13.0 Å². The van der Waals surface area contributed by atoms with Gasteiger partial charge in [-0.05, 0) is 18.4 Å². The maximum Gasteiger partial charge on any atom is 0.277 e. The van der Waals surface area contributed by atoms with Crippen LogP contribution < -0.4 is 11.1 Å². The summed E-state index contributed by atoms with van der Waals surface area (Å²) >= 11 is 0. The third-order valence-corrected chi connectivity index (χ3v) is 2.91. The number of alkyl halides is 2. The molecule has 1 amide bonds. The molecular weight excluding hydrogens is 314 g/mol. The van der Waals surface area contributed by atoms with Gasteiger partial charge < -0.3 is 15.8 Å². The van der Waals surface area contributed by atoms with E-state index >= 15 is 0 Å². The van der Waals surface area contributed by atoms with Crippen molar-refractivity contribution < 1.29 is 18.3 Å². The lowest BCUT2D eigenvalue weighted by Crippen LogP contribution is -2.41. The van der Waals surface area contributed by atoms with Gasteiger partial charge in [0.1, 0.15) is 0 Å². The SMILES string of the molecule is Cl.NCC(F)(F)CNC(=O)CCCOCCc1ccccc1. The van der Waals surface area contributed by atoms with Crippen LogP contribution in [0.2, 0.25) is 0 Å². The van der Waals surface area contributed by atoms with E-state index in [1.807, 2.05) is 30.3 Å². The minimum Gasteiger partial charge on any atom is -0.381 e. The highest BCUT2D eigenvalue weighted by Gasteiger charge is 2.26. The highest BCUT2D eigenvalue weighted by Crippen LogP contribution is 2.08. The molecule has 4 nitrogen and oxygen atoms in total. The molecule has 0 aliphatic rings. The van der Waals surface area contributed by atoms with Crippen LogP contribution in [0.1, 0.15) is 18.4 Å². The fourth-order valence-corrected chi connectivity index (χ4v) is 1.66. The average molecular weight is 337 g/mol. The second-order valence-corrected chi connectivity index (χ2v) is 4.79. The maximum absolute atomic E-state index is 12.8. The van der Waals surface area contributed by atoms with E-state index in [0.717, 1.165) is 6.42 Å². The fourth-order valence-electron chi connectivity index (χ4n) is 1.66. The molecule has 3 N–H and O–H groups in total. The average Bonchev–Trinajstić information content (AvgIpc) is 2.50. The molecule has 1 aromatic rings. The van der Waals surface area contributed by atoms with Crippen molar-refractivity contribution >= 4 is 18.3 Å². The lowest BCUT2D eigenvalue weighted by atomic mass is 10.2. The molecule has 1 rings (SSSR count). The molecule has 22 heavy (non-hydrogen) atoms. The van der Waals surface area contributed by atoms with E-state index in [0.29, 0.717) is 19.6 Å². The fraction of sp³-hybridized carbons (Fsp3) is 0.533. The standard InChI is InChI=1S/C15H22F2N2O2.ClH/c16-15(17,11-18)12-19-14(20)7-4-9-21-10-8-13-5-2-1-3-6-13;/h1-3,5-6H,4,7-12,18H2,(H,19,20);1H. The first-order valence-electron chi connectivity index (χ1n) is 7.00. The summed E-state index contributed by atoms with van der Waals surface area (Å²) in [5.74, 6) is -3.45. The summed E-state index contributed by atoms with van der Waals surface area (Å²) in [4.78, 5) is 11.3. The minimum atomic E-state index is -3.04. The predicted octanol–water partition coefficient (Wildman–Crippen LogP) is 2.16. The molecule has 0 saturated carbocycles. The Hall–Kier alpha value is -1.24. The predicted molar refractivity (Wildman–Crippen MR) is 84.5 cm³/mol. The first-order chi connectivity index (χ1) is 10.0. The van der Waals surface area contributed by atoms with E-state index in [9.17, 15) is 13.6 Å². The molecule has 0 aliphatic carbocycles. The maximum atomic E-state index is 12.8. The number of carbonyl (C=O) groups excluding carboxylic acids is 1. The van der Waals surface area contributed by atoms with Crippen molar-refractivity contribution in [3.63, 3.8) is 0 Å². The molecule has 0 bridgehead atoms. The zero-order chi connectivity index (χ0) is 15.6. The van der Waals surface area contributed by atoms with Crippen molar-refractivity contribution in [3.05, 3.63) is 35.9 Å². The van der Waals surface area contributed by atoms with Crippen LogP contribution in [0.4, 0.5) is 8.78 Å². The van der Waals surface area contributed by atoms with Gasteiger partial charge in [-0.25, -0.2) is 8.78 Å². The molecule has 0 aromatic heterocycles. The van der Waals surface area contributed by atoms with Gasteiger partial charge in [0.25, 0.3) is 5.92 Å². The van der Waals surface area contributed by atoms with Crippen LogP contribution in [0.5, 0.6) is 0 Å². The van der Waals surface area contributed by atoms with E-state index in [2.05, 4.69) is 5.32 Å². The van der Waals surface area contributed by atoms with Gasteiger partial charge in [0.05, 0.1) is 19.7 Å². The van der Waals surface area contributed by atoms with Crippen LogP contribution in [-0.4, -0.2) is 38.1 Å². The lowest BCUT2D eigenvalue weighted by Gasteiger charge is -2.14. The Bertz CT molecular complexity index is 419. The van der Waals surface area contributed by atoms with E-state index in [4.69, 9.17) is 10.5 Å². The first kappa shape index (κ1) is 20.8. The van der Waals surface area contributed by atoms with Gasteiger partial charge in [0.2, 0.25) is 5.91 Å². The number of benzene rings is 1. The Morgan fingerprint density at radius 2 is 1.91 bits per heavy atom. The van der Waals surface area contributed by atoms with Gasteiger partial charge in [-0.1, -0.05) is 30.3 Å². The molecule has 0 heterocycles. The minimum absolute atomic E-state index is 0.